The maximum atomic E-state index is 11.2. The molecular formula is C28H50O16. The first kappa shape index (κ1) is 45.1. The molecule has 0 spiro atoms. The summed E-state index contributed by atoms with van der Waals surface area (Å²) in [4.78, 5) is 63.9. The lowest BCUT2D eigenvalue weighted by Crippen LogP contribution is -2.11. The van der Waals surface area contributed by atoms with Crippen LogP contribution in [0.1, 0.15) is 89.9 Å². The summed E-state index contributed by atoms with van der Waals surface area (Å²) in [6.45, 7) is 1.40. The molecule has 0 fully saturated rings. The number of carboxylic acids is 2. The summed E-state index contributed by atoms with van der Waals surface area (Å²) in [5, 5.41) is 49.8. The molecule has 0 rings (SSSR count). The van der Waals surface area contributed by atoms with Gasteiger partial charge in [0.25, 0.3) is 0 Å². The Hall–Kier alpha value is -3.34. The molecule has 0 bridgehead atoms. The van der Waals surface area contributed by atoms with Crippen molar-refractivity contribution < 1.29 is 78.4 Å². The lowest BCUT2D eigenvalue weighted by atomic mass is 10.3. The molecule has 0 aliphatic heterocycles. The third-order valence-electron chi connectivity index (χ3n) is 4.88. The van der Waals surface area contributed by atoms with Crippen LogP contribution in [0.4, 0.5) is 0 Å². The molecule has 0 saturated carbocycles. The number of carbonyl (C=O) groups excluding carboxylic acids is 4. The number of carbonyl (C=O) groups is 6. The predicted molar refractivity (Wildman–Crippen MR) is 152 cm³/mol. The van der Waals surface area contributed by atoms with Crippen molar-refractivity contribution in [2.75, 3.05) is 52.9 Å². The van der Waals surface area contributed by atoms with Crippen molar-refractivity contribution in [2.24, 2.45) is 0 Å². The van der Waals surface area contributed by atoms with Crippen LogP contribution in [-0.2, 0) is 47.7 Å². The molecule has 0 aromatic rings. The summed E-state index contributed by atoms with van der Waals surface area (Å²) in [6.07, 6.45) is 4.32. The highest BCUT2D eigenvalue weighted by molar-refractivity contribution is 5.78. The fourth-order valence-electron chi connectivity index (χ4n) is 2.51. The highest BCUT2D eigenvalue weighted by Gasteiger charge is 2.10. The fraction of sp³-hybridized carbons (Fsp3) is 0.786. The van der Waals surface area contributed by atoms with Gasteiger partial charge in [0.15, 0.2) is 0 Å². The summed E-state index contributed by atoms with van der Waals surface area (Å²) in [6, 6.07) is 0. The Morgan fingerprint density at radius 1 is 0.341 bits per heavy atom. The Balaban J connectivity index is -0.000000616. The van der Waals surface area contributed by atoms with Gasteiger partial charge in [-0.3, -0.25) is 28.8 Å². The van der Waals surface area contributed by atoms with E-state index in [9.17, 15) is 28.8 Å². The van der Waals surface area contributed by atoms with Gasteiger partial charge in [0.2, 0.25) is 0 Å². The Labute approximate surface area is 257 Å². The number of esters is 4. The number of carboxylic acid groups (broad SMARTS) is 2. The number of hydrogen-bond donors (Lipinski definition) is 6. The zero-order chi connectivity index (χ0) is 33.8. The molecule has 16 heteroatoms. The van der Waals surface area contributed by atoms with Gasteiger partial charge in [-0.05, 0) is 51.4 Å². The van der Waals surface area contributed by atoms with Crippen LogP contribution in [0, 0.1) is 0 Å². The molecule has 0 radical (unpaired) electrons. The van der Waals surface area contributed by atoms with E-state index in [4.69, 9.17) is 49.6 Å². The van der Waals surface area contributed by atoms with E-state index in [2.05, 4.69) is 0 Å². The predicted octanol–water partition coefficient (Wildman–Crippen LogP) is 0.732. The van der Waals surface area contributed by atoms with Crippen LogP contribution in [0.15, 0.2) is 0 Å². The Kier molecular flexibility index (Phi) is 36.7. The third-order valence-corrected chi connectivity index (χ3v) is 4.88. The Morgan fingerprint density at radius 2 is 0.545 bits per heavy atom. The maximum Gasteiger partial charge on any atom is 0.306 e. The molecule has 0 atom stereocenters. The summed E-state index contributed by atoms with van der Waals surface area (Å²) >= 11 is 0. The van der Waals surface area contributed by atoms with Crippen LogP contribution in [0.3, 0.4) is 0 Å². The molecule has 6 N–H and O–H groups in total. The minimum atomic E-state index is -1.08. The minimum absolute atomic E-state index is 0.0119. The molecule has 0 aliphatic rings. The van der Waals surface area contributed by atoms with Crippen molar-refractivity contribution in [3.05, 3.63) is 0 Å². The van der Waals surface area contributed by atoms with Crippen LogP contribution in [0.5, 0.6) is 0 Å². The van der Waals surface area contributed by atoms with E-state index in [0.717, 1.165) is 0 Å². The zero-order valence-electron chi connectivity index (χ0n) is 25.3. The van der Waals surface area contributed by atoms with Gasteiger partial charge in [0.05, 0.1) is 65.0 Å². The van der Waals surface area contributed by atoms with Crippen molar-refractivity contribution in [3.63, 3.8) is 0 Å². The minimum Gasteiger partial charge on any atom is -0.481 e. The number of aliphatic hydroxyl groups is 4. The maximum absolute atomic E-state index is 11.2. The largest absolute Gasteiger partial charge is 0.481 e. The number of rotatable bonds is 25. The van der Waals surface area contributed by atoms with Crippen molar-refractivity contribution in [3.8, 4) is 0 Å². The van der Waals surface area contributed by atoms with Gasteiger partial charge in [-0.25, -0.2) is 0 Å². The van der Waals surface area contributed by atoms with E-state index >= 15 is 0 Å². The summed E-state index contributed by atoms with van der Waals surface area (Å²) in [5.74, 6) is -3.87. The Morgan fingerprint density at radius 3 is 0.705 bits per heavy atom. The molecule has 0 saturated heterocycles. The fourth-order valence-corrected chi connectivity index (χ4v) is 2.51. The molecule has 258 valence electrons. The van der Waals surface area contributed by atoms with Crippen molar-refractivity contribution in [2.45, 2.75) is 89.9 Å². The summed E-state index contributed by atoms with van der Waals surface area (Å²) in [7, 11) is 0. The van der Waals surface area contributed by atoms with Crippen LogP contribution in [0.2, 0.25) is 0 Å². The molecule has 0 unspecified atom stereocenters. The van der Waals surface area contributed by atoms with Crippen LogP contribution in [-0.4, -0.2) is 119 Å². The lowest BCUT2D eigenvalue weighted by molar-refractivity contribution is -0.150. The summed E-state index contributed by atoms with van der Waals surface area (Å²) < 4.78 is 19.4. The number of aliphatic carboxylic acids is 2. The van der Waals surface area contributed by atoms with Gasteiger partial charge in [-0.2, -0.15) is 0 Å². The molecule has 0 aliphatic carbocycles. The first-order valence-corrected chi connectivity index (χ1v) is 14.5. The quantitative estimate of drug-likeness (QED) is 0.0455. The van der Waals surface area contributed by atoms with Gasteiger partial charge in [0, 0.05) is 26.4 Å². The van der Waals surface area contributed by atoms with Crippen molar-refractivity contribution in [1.29, 1.82) is 0 Å². The van der Waals surface area contributed by atoms with Crippen molar-refractivity contribution in [1.82, 2.24) is 0 Å². The van der Waals surface area contributed by atoms with E-state index in [0.29, 0.717) is 51.4 Å². The van der Waals surface area contributed by atoms with E-state index in [1.807, 2.05) is 0 Å². The lowest BCUT2D eigenvalue weighted by Gasteiger charge is -2.05. The second-order valence-electron chi connectivity index (χ2n) is 8.89. The highest BCUT2D eigenvalue weighted by Crippen LogP contribution is 2.00. The summed E-state index contributed by atoms with van der Waals surface area (Å²) in [5.41, 5.74) is 0. The van der Waals surface area contributed by atoms with E-state index < -0.39 is 35.8 Å². The second kappa shape index (κ2) is 35.9. The van der Waals surface area contributed by atoms with Crippen LogP contribution < -0.4 is 0 Å². The number of aliphatic hydroxyl groups excluding tert-OH is 4. The van der Waals surface area contributed by atoms with E-state index in [1.54, 1.807) is 0 Å². The van der Waals surface area contributed by atoms with Gasteiger partial charge < -0.3 is 49.6 Å². The van der Waals surface area contributed by atoms with E-state index in [-0.39, 0.29) is 91.4 Å². The standard InChI is InChI=1S/2C12H22O6.C4H6O4/c2*13-7-1-3-9-17-11(15)5-6-12(16)18-10-4-2-8-14;5-3(6)1-2-4(7)8/h2*13-14H,1-10H2;1-2H2,(H,5,6)(H,7,8). The van der Waals surface area contributed by atoms with Crippen LogP contribution >= 0.6 is 0 Å². The average molecular weight is 643 g/mol. The Bertz CT molecular complexity index is 646. The molecular weight excluding hydrogens is 592 g/mol. The smallest absolute Gasteiger partial charge is 0.306 e. The van der Waals surface area contributed by atoms with E-state index in [1.165, 1.54) is 0 Å². The molecule has 0 aromatic carbocycles. The topological polar surface area (TPSA) is 261 Å². The second-order valence-corrected chi connectivity index (χ2v) is 8.89. The van der Waals surface area contributed by atoms with Crippen molar-refractivity contribution >= 4 is 35.8 Å². The zero-order valence-corrected chi connectivity index (χ0v) is 25.3. The first-order chi connectivity index (χ1) is 21.0. The first-order valence-electron chi connectivity index (χ1n) is 14.5. The highest BCUT2D eigenvalue weighted by atomic mass is 16.5. The molecule has 44 heavy (non-hydrogen) atoms. The molecule has 16 nitrogen and oxygen atoms in total. The SMILES string of the molecule is O=C(CCC(=O)OCCCCO)OCCCCO.O=C(CCC(=O)OCCCCO)OCCCCO.O=C(O)CCC(=O)O. The average Bonchev–Trinajstić information content (AvgIpc) is 2.99. The number of hydrogen-bond acceptors (Lipinski definition) is 14. The monoisotopic (exact) mass is 642 g/mol. The molecule has 0 aromatic heterocycles. The van der Waals surface area contributed by atoms with Gasteiger partial charge in [0.1, 0.15) is 0 Å². The third kappa shape index (κ3) is 43.1. The van der Waals surface area contributed by atoms with Gasteiger partial charge in [-0.1, -0.05) is 0 Å². The van der Waals surface area contributed by atoms with Gasteiger partial charge >= 0.3 is 35.8 Å². The number of unbranched alkanes of at least 4 members (excludes halogenated alkanes) is 4. The molecule has 0 heterocycles. The normalized spacial score (nSPS) is 9.82. The van der Waals surface area contributed by atoms with Crippen LogP contribution in [0.25, 0.3) is 0 Å². The molecule has 0 amide bonds. The number of ether oxygens (including phenoxy) is 4. The van der Waals surface area contributed by atoms with Gasteiger partial charge in [-0.15, -0.1) is 0 Å².